The summed E-state index contributed by atoms with van der Waals surface area (Å²) in [6.45, 7) is 2.49. The highest BCUT2D eigenvalue weighted by Gasteiger charge is 2.11. The first-order chi connectivity index (χ1) is 7.13. The average Bonchev–Trinajstić information content (AvgIpc) is 2.22. The van der Waals surface area contributed by atoms with Gasteiger partial charge in [-0.15, -0.1) is 0 Å². The number of pyridine rings is 1. The highest BCUT2D eigenvalue weighted by atomic mass is 35.5. The van der Waals surface area contributed by atoms with E-state index in [1.807, 2.05) is 14.0 Å². The second-order valence-electron chi connectivity index (χ2n) is 3.31. The normalized spacial score (nSPS) is 12.2. The third kappa shape index (κ3) is 3.85. The highest BCUT2D eigenvalue weighted by Crippen LogP contribution is 2.10. The third-order valence-electron chi connectivity index (χ3n) is 1.94. The van der Waals surface area contributed by atoms with Crippen LogP contribution in [0, 0.1) is 5.92 Å². The molecule has 0 saturated heterocycles. The summed E-state index contributed by atoms with van der Waals surface area (Å²) in [5, 5.41) is 6.20. The Morgan fingerprint density at radius 1 is 1.60 bits per heavy atom. The smallest absolute Gasteiger partial charge is 0.229 e. The first-order valence-corrected chi connectivity index (χ1v) is 5.08. The maximum Gasteiger partial charge on any atom is 0.229 e. The molecule has 0 saturated carbocycles. The number of aromatic nitrogens is 1. The molecule has 0 radical (unpaired) electrons. The number of carbonyl (C=O) groups is 1. The minimum Gasteiger partial charge on any atom is -0.319 e. The molecule has 0 aliphatic heterocycles. The van der Waals surface area contributed by atoms with Crippen molar-refractivity contribution in [2.45, 2.75) is 6.92 Å². The summed E-state index contributed by atoms with van der Waals surface area (Å²) in [7, 11) is 1.81. The molecule has 15 heavy (non-hydrogen) atoms. The van der Waals surface area contributed by atoms with E-state index < -0.39 is 0 Å². The van der Waals surface area contributed by atoms with Crippen LogP contribution < -0.4 is 10.6 Å². The molecule has 1 rings (SSSR count). The van der Waals surface area contributed by atoms with Gasteiger partial charge in [0.2, 0.25) is 5.91 Å². The molecule has 0 spiro atoms. The zero-order valence-electron chi connectivity index (χ0n) is 8.75. The van der Waals surface area contributed by atoms with Gasteiger partial charge in [-0.25, -0.2) is 4.98 Å². The van der Waals surface area contributed by atoms with E-state index >= 15 is 0 Å². The number of nitrogens with one attached hydrogen (secondary N) is 2. The van der Waals surface area contributed by atoms with Gasteiger partial charge in [0.25, 0.3) is 0 Å². The molecule has 1 aromatic rings. The van der Waals surface area contributed by atoms with Crippen LogP contribution in [-0.2, 0) is 4.79 Å². The predicted octanol–water partition coefficient (Wildman–Crippen LogP) is 1.53. The largest absolute Gasteiger partial charge is 0.319 e. The van der Waals surface area contributed by atoms with Crippen molar-refractivity contribution >= 4 is 23.3 Å². The number of carbonyl (C=O) groups excluding carboxylic acids is 1. The molecule has 0 aliphatic carbocycles. The van der Waals surface area contributed by atoms with Gasteiger partial charge in [0, 0.05) is 18.7 Å². The van der Waals surface area contributed by atoms with E-state index in [2.05, 4.69) is 15.6 Å². The maximum absolute atomic E-state index is 11.6. The highest BCUT2D eigenvalue weighted by molar-refractivity contribution is 6.30. The predicted molar refractivity (Wildman–Crippen MR) is 61.0 cm³/mol. The number of hydrogen-bond acceptors (Lipinski definition) is 3. The van der Waals surface area contributed by atoms with E-state index in [-0.39, 0.29) is 11.8 Å². The summed E-state index contributed by atoms with van der Waals surface area (Å²) in [4.78, 5) is 15.5. The number of amides is 1. The van der Waals surface area contributed by atoms with Crippen molar-refractivity contribution in [2.75, 3.05) is 18.9 Å². The van der Waals surface area contributed by atoms with Crippen molar-refractivity contribution in [1.29, 1.82) is 0 Å². The fraction of sp³-hybridized carbons (Fsp3) is 0.400. The SMILES string of the molecule is CNCC(C)C(=O)Nc1ccc(Cl)cn1. The van der Waals surface area contributed by atoms with Crippen molar-refractivity contribution in [3.05, 3.63) is 23.4 Å². The second kappa shape index (κ2) is 5.68. The molecule has 0 fully saturated rings. The number of hydrogen-bond donors (Lipinski definition) is 2. The van der Waals surface area contributed by atoms with Crippen molar-refractivity contribution in [1.82, 2.24) is 10.3 Å². The van der Waals surface area contributed by atoms with Crippen molar-refractivity contribution in [2.24, 2.45) is 5.92 Å². The third-order valence-corrected chi connectivity index (χ3v) is 2.16. The Hall–Kier alpha value is -1.13. The van der Waals surface area contributed by atoms with E-state index in [9.17, 15) is 4.79 Å². The van der Waals surface area contributed by atoms with E-state index in [1.54, 1.807) is 12.1 Å². The lowest BCUT2D eigenvalue weighted by atomic mass is 10.1. The molecule has 1 atom stereocenters. The van der Waals surface area contributed by atoms with E-state index in [1.165, 1.54) is 6.20 Å². The van der Waals surface area contributed by atoms with Gasteiger partial charge >= 0.3 is 0 Å². The van der Waals surface area contributed by atoms with Gasteiger partial charge in [-0.3, -0.25) is 4.79 Å². The minimum absolute atomic E-state index is 0.0563. The molecule has 0 bridgehead atoms. The Labute approximate surface area is 94.0 Å². The molecular formula is C10H14ClN3O. The van der Waals surface area contributed by atoms with E-state index in [0.29, 0.717) is 17.4 Å². The fourth-order valence-corrected chi connectivity index (χ4v) is 1.21. The van der Waals surface area contributed by atoms with Gasteiger partial charge in [-0.05, 0) is 19.2 Å². The summed E-state index contributed by atoms with van der Waals surface area (Å²) in [6, 6.07) is 3.36. The number of rotatable bonds is 4. The zero-order valence-corrected chi connectivity index (χ0v) is 9.51. The fourth-order valence-electron chi connectivity index (χ4n) is 1.10. The van der Waals surface area contributed by atoms with Crippen molar-refractivity contribution < 1.29 is 4.79 Å². The van der Waals surface area contributed by atoms with Crippen LogP contribution in [0.3, 0.4) is 0 Å². The first kappa shape index (κ1) is 11.9. The molecule has 2 N–H and O–H groups in total. The topological polar surface area (TPSA) is 54.0 Å². The molecule has 5 heteroatoms. The van der Waals surface area contributed by atoms with Crippen molar-refractivity contribution in [3.63, 3.8) is 0 Å². The Morgan fingerprint density at radius 2 is 2.33 bits per heavy atom. The van der Waals surface area contributed by atoms with Crippen LogP contribution in [0.4, 0.5) is 5.82 Å². The molecule has 0 aromatic carbocycles. The van der Waals surface area contributed by atoms with Crippen LogP contribution >= 0.6 is 11.6 Å². The number of halogens is 1. The standard InChI is InChI=1S/C10H14ClN3O/c1-7(5-12-2)10(15)14-9-4-3-8(11)6-13-9/h3-4,6-7,12H,5H2,1-2H3,(H,13,14,15). The Balaban J connectivity index is 2.54. The summed E-state index contributed by atoms with van der Waals surface area (Å²) >= 11 is 5.68. The van der Waals surface area contributed by atoms with Gasteiger partial charge in [0.15, 0.2) is 0 Å². The van der Waals surface area contributed by atoms with Crippen LogP contribution in [0.5, 0.6) is 0 Å². The molecule has 0 aliphatic rings. The monoisotopic (exact) mass is 227 g/mol. The Morgan fingerprint density at radius 3 is 2.87 bits per heavy atom. The van der Waals surface area contributed by atoms with Crippen LogP contribution in [0.15, 0.2) is 18.3 Å². The summed E-state index contributed by atoms with van der Waals surface area (Å²) < 4.78 is 0. The average molecular weight is 228 g/mol. The summed E-state index contributed by atoms with van der Waals surface area (Å²) in [5.41, 5.74) is 0. The Kier molecular flexibility index (Phi) is 4.52. The molecule has 1 aromatic heterocycles. The number of anilines is 1. The van der Waals surface area contributed by atoms with Crippen LogP contribution in [0.2, 0.25) is 5.02 Å². The Bertz CT molecular complexity index is 326. The van der Waals surface area contributed by atoms with Gasteiger partial charge in [0.05, 0.1) is 5.02 Å². The molecule has 1 heterocycles. The van der Waals surface area contributed by atoms with Gasteiger partial charge < -0.3 is 10.6 Å². The minimum atomic E-state index is -0.0903. The number of nitrogens with zero attached hydrogens (tertiary/aromatic N) is 1. The summed E-state index contributed by atoms with van der Waals surface area (Å²) in [5.74, 6) is 0.374. The molecular weight excluding hydrogens is 214 g/mol. The molecule has 4 nitrogen and oxygen atoms in total. The van der Waals surface area contributed by atoms with Gasteiger partial charge in [-0.1, -0.05) is 18.5 Å². The second-order valence-corrected chi connectivity index (χ2v) is 3.75. The van der Waals surface area contributed by atoms with Crippen molar-refractivity contribution in [3.8, 4) is 0 Å². The lowest BCUT2D eigenvalue weighted by Crippen LogP contribution is -2.28. The molecule has 1 unspecified atom stereocenters. The summed E-state index contributed by atoms with van der Waals surface area (Å²) in [6.07, 6.45) is 1.50. The molecule has 82 valence electrons. The van der Waals surface area contributed by atoms with Crippen LogP contribution in [0.1, 0.15) is 6.92 Å². The van der Waals surface area contributed by atoms with Gasteiger partial charge in [-0.2, -0.15) is 0 Å². The van der Waals surface area contributed by atoms with Crippen LogP contribution in [0.25, 0.3) is 0 Å². The maximum atomic E-state index is 11.6. The quantitative estimate of drug-likeness (QED) is 0.820. The van der Waals surface area contributed by atoms with E-state index in [0.717, 1.165) is 0 Å². The lowest BCUT2D eigenvalue weighted by Gasteiger charge is -2.10. The van der Waals surface area contributed by atoms with Crippen LogP contribution in [-0.4, -0.2) is 24.5 Å². The van der Waals surface area contributed by atoms with Gasteiger partial charge in [0.1, 0.15) is 5.82 Å². The zero-order chi connectivity index (χ0) is 11.3. The molecule has 1 amide bonds. The lowest BCUT2D eigenvalue weighted by molar-refractivity contribution is -0.119. The van der Waals surface area contributed by atoms with E-state index in [4.69, 9.17) is 11.6 Å². The first-order valence-electron chi connectivity index (χ1n) is 4.70.